The first-order valence-electron chi connectivity index (χ1n) is 14.3. The van der Waals surface area contributed by atoms with Gasteiger partial charge in [0.15, 0.2) is 0 Å². The maximum Gasteiger partial charge on any atom is 0.136 e. The van der Waals surface area contributed by atoms with Gasteiger partial charge >= 0.3 is 0 Å². The molecular formula is C39H25N3O. The van der Waals surface area contributed by atoms with Crippen molar-refractivity contribution in [2.75, 3.05) is 0 Å². The van der Waals surface area contributed by atoms with Crippen LogP contribution in [-0.2, 0) is 0 Å². The average Bonchev–Trinajstić information content (AvgIpc) is 3.48. The van der Waals surface area contributed by atoms with Crippen LogP contribution in [0.4, 0.5) is 0 Å². The lowest BCUT2D eigenvalue weighted by atomic mass is 9.87. The van der Waals surface area contributed by atoms with Crippen molar-refractivity contribution in [1.82, 2.24) is 15.4 Å². The van der Waals surface area contributed by atoms with Crippen molar-refractivity contribution in [1.29, 1.82) is 0 Å². The Morgan fingerprint density at radius 1 is 0.372 bits per heavy atom. The van der Waals surface area contributed by atoms with Gasteiger partial charge in [-0.25, -0.2) is 0 Å². The molecule has 0 saturated carbocycles. The van der Waals surface area contributed by atoms with Gasteiger partial charge < -0.3 is 4.42 Å². The molecule has 0 saturated heterocycles. The highest BCUT2D eigenvalue weighted by molar-refractivity contribution is 6.14. The molecule has 6 aromatic carbocycles. The summed E-state index contributed by atoms with van der Waals surface area (Å²) in [4.78, 5) is 0. The molecular weight excluding hydrogens is 526 g/mol. The molecule has 0 N–H and O–H groups in total. The topological polar surface area (TPSA) is 51.8 Å². The average molecular weight is 552 g/mol. The first kappa shape index (κ1) is 24.9. The van der Waals surface area contributed by atoms with E-state index in [-0.39, 0.29) is 0 Å². The molecule has 2 aromatic heterocycles. The zero-order valence-corrected chi connectivity index (χ0v) is 23.2. The molecule has 43 heavy (non-hydrogen) atoms. The standard InChI is InChI=1S/C39H25N3O/c1-3-14-26(15-4-1)36-38(27-16-5-2-6-17-27)40-42-41-39(36)32-21-10-9-20-30(32)28-18-7-8-19-29(28)31-23-13-25-35-37(31)33-22-11-12-24-34(33)43-35/h1-25H. The monoisotopic (exact) mass is 551 g/mol. The van der Waals surface area contributed by atoms with Gasteiger partial charge in [-0.1, -0.05) is 140 Å². The Labute approximate surface area is 248 Å². The van der Waals surface area contributed by atoms with Crippen molar-refractivity contribution >= 4 is 21.9 Å². The summed E-state index contributed by atoms with van der Waals surface area (Å²) in [7, 11) is 0. The van der Waals surface area contributed by atoms with Gasteiger partial charge in [-0.15, -0.1) is 10.2 Å². The van der Waals surface area contributed by atoms with E-state index in [0.717, 1.165) is 77.8 Å². The number of nitrogens with zero attached hydrogens (tertiary/aromatic N) is 3. The molecule has 202 valence electrons. The second-order valence-corrected chi connectivity index (χ2v) is 10.5. The van der Waals surface area contributed by atoms with Gasteiger partial charge in [0.2, 0.25) is 0 Å². The molecule has 8 rings (SSSR count). The van der Waals surface area contributed by atoms with Crippen LogP contribution in [0, 0.1) is 0 Å². The van der Waals surface area contributed by atoms with Crippen LogP contribution >= 0.6 is 0 Å². The summed E-state index contributed by atoms with van der Waals surface area (Å²) in [6, 6.07) is 52.0. The van der Waals surface area contributed by atoms with E-state index >= 15 is 0 Å². The summed E-state index contributed by atoms with van der Waals surface area (Å²) in [5.74, 6) is 0. The van der Waals surface area contributed by atoms with E-state index in [2.05, 4.69) is 107 Å². The highest BCUT2D eigenvalue weighted by Gasteiger charge is 2.22. The Kier molecular flexibility index (Phi) is 6.08. The van der Waals surface area contributed by atoms with Crippen molar-refractivity contribution in [3.63, 3.8) is 0 Å². The third-order valence-electron chi connectivity index (χ3n) is 7.96. The Bertz CT molecular complexity index is 2240. The predicted molar refractivity (Wildman–Crippen MR) is 174 cm³/mol. The molecule has 8 aromatic rings. The van der Waals surface area contributed by atoms with Gasteiger partial charge in [-0.2, -0.15) is 0 Å². The van der Waals surface area contributed by atoms with E-state index in [1.54, 1.807) is 0 Å². The molecule has 0 atom stereocenters. The fourth-order valence-corrected chi connectivity index (χ4v) is 6.07. The van der Waals surface area contributed by atoms with E-state index in [0.29, 0.717) is 0 Å². The molecule has 0 amide bonds. The molecule has 2 heterocycles. The summed E-state index contributed by atoms with van der Waals surface area (Å²) < 4.78 is 6.25. The van der Waals surface area contributed by atoms with Crippen molar-refractivity contribution in [2.24, 2.45) is 0 Å². The minimum Gasteiger partial charge on any atom is -0.456 e. The van der Waals surface area contributed by atoms with Crippen LogP contribution in [0.2, 0.25) is 0 Å². The van der Waals surface area contributed by atoms with Gasteiger partial charge in [-0.3, -0.25) is 0 Å². The number of hydrogen-bond acceptors (Lipinski definition) is 4. The number of aromatic nitrogens is 3. The van der Waals surface area contributed by atoms with Crippen LogP contribution in [-0.4, -0.2) is 15.4 Å². The summed E-state index contributed by atoms with van der Waals surface area (Å²) in [6.07, 6.45) is 0. The highest BCUT2D eigenvalue weighted by atomic mass is 16.3. The van der Waals surface area contributed by atoms with Crippen molar-refractivity contribution in [2.45, 2.75) is 0 Å². The molecule has 0 unspecified atom stereocenters. The lowest BCUT2D eigenvalue weighted by Gasteiger charge is -2.17. The zero-order chi connectivity index (χ0) is 28.6. The lowest BCUT2D eigenvalue weighted by molar-refractivity contribution is 0.669. The fourth-order valence-electron chi connectivity index (χ4n) is 6.07. The molecule has 0 bridgehead atoms. The molecule has 0 aliphatic heterocycles. The second-order valence-electron chi connectivity index (χ2n) is 10.5. The molecule has 0 aliphatic rings. The smallest absolute Gasteiger partial charge is 0.136 e. The third-order valence-corrected chi connectivity index (χ3v) is 7.96. The number of furan rings is 1. The number of rotatable bonds is 5. The summed E-state index contributed by atoms with van der Waals surface area (Å²) >= 11 is 0. The molecule has 0 spiro atoms. The minimum atomic E-state index is 0.789. The SMILES string of the molecule is c1ccc(-c2nnnc(-c3ccccc3-c3ccccc3-c3cccc4oc5ccccc5c34)c2-c2ccccc2)cc1. The van der Waals surface area contributed by atoms with Crippen molar-refractivity contribution in [3.8, 4) is 55.9 Å². The van der Waals surface area contributed by atoms with Gasteiger partial charge in [-0.05, 0) is 45.2 Å². The lowest BCUT2D eigenvalue weighted by Crippen LogP contribution is -2.01. The van der Waals surface area contributed by atoms with Crippen molar-refractivity contribution in [3.05, 3.63) is 152 Å². The Morgan fingerprint density at radius 2 is 0.884 bits per heavy atom. The highest BCUT2D eigenvalue weighted by Crippen LogP contribution is 2.45. The quantitative estimate of drug-likeness (QED) is 0.214. The van der Waals surface area contributed by atoms with Crippen LogP contribution in [0.25, 0.3) is 77.8 Å². The van der Waals surface area contributed by atoms with Crippen LogP contribution in [0.15, 0.2) is 156 Å². The summed E-state index contributed by atoms with van der Waals surface area (Å²) in [5, 5.41) is 15.8. The van der Waals surface area contributed by atoms with Crippen LogP contribution in [0.3, 0.4) is 0 Å². The number of para-hydroxylation sites is 1. The molecule has 0 radical (unpaired) electrons. The van der Waals surface area contributed by atoms with E-state index in [1.807, 2.05) is 54.6 Å². The van der Waals surface area contributed by atoms with Crippen LogP contribution < -0.4 is 0 Å². The van der Waals surface area contributed by atoms with Gasteiger partial charge in [0, 0.05) is 27.5 Å². The molecule has 0 fully saturated rings. The Balaban J connectivity index is 1.39. The largest absolute Gasteiger partial charge is 0.456 e. The van der Waals surface area contributed by atoms with Crippen LogP contribution in [0.1, 0.15) is 0 Å². The third kappa shape index (κ3) is 4.28. The summed E-state index contributed by atoms with van der Waals surface area (Å²) in [5.41, 5.74) is 11.8. The van der Waals surface area contributed by atoms with Gasteiger partial charge in [0.25, 0.3) is 0 Å². The fraction of sp³-hybridized carbons (Fsp3) is 0. The normalized spacial score (nSPS) is 11.3. The summed E-state index contributed by atoms with van der Waals surface area (Å²) in [6.45, 7) is 0. The van der Waals surface area contributed by atoms with Gasteiger partial charge in [0.1, 0.15) is 22.6 Å². The maximum atomic E-state index is 6.25. The Morgan fingerprint density at radius 3 is 1.63 bits per heavy atom. The number of fused-ring (bicyclic) bond motifs is 3. The van der Waals surface area contributed by atoms with E-state index < -0.39 is 0 Å². The van der Waals surface area contributed by atoms with Crippen molar-refractivity contribution < 1.29 is 4.42 Å². The number of hydrogen-bond donors (Lipinski definition) is 0. The number of benzene rings is 6. The second kappa shape index (κ2) is 10.5. The van der Waals surface area contributed by atoms with E-state index in [9.17, 15) is 0 Å². The van der Waals surface area contributed by atoms with Crippen LogP contribution in [0.5, 0.6) is 0 Å². The first-order chi connectivity index (χ1) is 21.4. The minimum absolute atomic E-state index is 0.789. The maximum absolute atomic E-state index is 6.25. The Hall–Kier alpha value is -5.87. The van der Waals surface area contributed by atoms with Gasteiger partial charge in [0.05, 0.1) is 0 Å². The predicted octanol–water partition coefficient (Wildman–Crippen LogP) is 10.1. The molecule has 4 nitrogen and oxygen atoms in total. The molecule has 0 aliphatic carbocycles. The van der Waals surface area contributed by atoms with E-state index in [4.69, 9.17) is 9.52 Å². The zero-order valence-electron chi connectivity index (χ0n) is 23.2. The first-order valence-corrected chi connectivity index (χ1v) is 14.3. The van der Waals surface area contributed by atoms with E-state index in [1.165, 1.54) is 0 Å². The molecule has 4 heteroatoms.